The highest BCUT2D eigenvalue weighted by Crippen LogP contribution is 2.24. The third-order valence-electron chi connectivity index (χ3n) is 3.35. The molecular formula is C14H16N4. The van der Waals surface area contributed by atoms with Crippen LogP contribution >= 0.6 is 0 Å². The Balaban J connectivity index is 1.89. The lowest BCUT2D eigenvalue weighted by atomic mass is 9.94. The quantitative estimate of drug-likeness (QED) is 0.872. The number of aromatic nitrogens is 3. The molecule has 1 fully saturated rings. The van der Waals surface area contributed by atoms with Crippen LogP contribution in [0.2, 0.25) is 0 Å². The highest BCUT2D eigenvalue weighted by atomic mass is 14.9. The van der Waals surface area contributed by atoms with Crippen molar-refractivity contribution in [2.45, 2.75) is 18.8 Å². The van der Waals surface area contributed by atoms with Crippen molar-refractivity contribution in [3.63, 3.8) is 0 Å². The molecule has 2 aromatic rings. The van der Waals surface area contributed by atoms with E-state index in [1.807, 2.05) is 30.6 Å². The van der Waals surface area contributed by atoms with Gasteiger partial charge in [0.15, 0.2) is 5.82 Å². The van der Waals surface area contributed by atoms with Gasteiger partial charge in [0, 0.05) is 35.8 Å². The third kappa shape index (κ3) is 2.38. The van der Waals surface area contributed by atoms with Gasteiger partial charge in [0.1, 0.15) is 0 Å². The Labute approximate surface area is 107 Å². The highest BCUT2D eigenvalue weighted by molar-refractivity contribution is 5.52. The van der Waals surface area contributed by atoms with E-state index >= 15 is 0 Å². The van der Waals surface area contributed by atoms with Gasteiger partial charge >= 0.3 is 0 Å². The zero-order valence-corrected chi connectivity index (χ0v) is 10.2. The van der Waals surface area contributed by atoms with Gasteiger partial charge in [-0.2, -0.15) is 0 Å². The van der Waals surface area contributed by atoms with Crippen LogP contribution in [-0.4, -0.2) is 28.0 Å². The Morgan fingerprint density at radius 2 is 2.00 bits per heavy atom. The standard InChI is InChI=1S/C14H16N4/c1-2-12(10-16-6-1)14-17-9-5-13(18-14)11-3-7-15-8-4-11/h1-2,5-6,9-11,15H,3-4,7-8H2. The molecule has 1 aliphatic rings. The molecule has 3 heterocycles. The van der Waals surface area contributed by atoms with E-state index in [1.165, 1.54) is 0 Å². The van der Waals surface area contributed by atoms with E-state index in [0.717, 1.165) is 43.0 Å². The van der Waals surface area contributed by atoms with E-state index in [1.54, 1.807) is 6.20 Å². The fourth-order valence-corrected chi connectivity index (χ4v) is 2.35. The number of piperidine rings is 1. The Morgan fingerprint density at radius 3 is 2.78 bits per heavy atom. The zero-order chi connectivity index (χ0) is 12.2. The summed E-state index contributed by atoms with van der Waals surface area (Å²) >= 11 is 0. The van der Waals surface area contributed by atoms with Gasteiger partial charge in [0.05, 0.1) is 0 Å². The Morgan fingerprint density at radius 1 is 1.11 bits per heavy atom. The molecule has 2 aromatic heterocycles. The Bertz CT molecular complexity index is 506. The summed E-state index contributed by atoms with van der Waals surface area (Å²) in [6, 6.07) is 5.94. The summed E-state index contributed by atoms with van der Waals surface area (Å²) in [6.07, 6.45) is 7.74. The third-order valence-corrected chi connectivity index (χ3v) is 3.35. The Hall–Kier alpha value is -1.81. The zero-order valence-electron chi connectivity index (χ0n) is 10.2. The number of nitrogens with one attached hydrogen (secondary N) is 1. The summed E-state index contributed by atoms with van der Waals surface area (Å²) in [4.78, 5) is 13.1. The predicted molar refractivity (Wildman–Crippen MR) is 70.1 cm³/mol. The van der Waals surface area contributed by atoms with Crippen molar-refractivity contribution < 1.29 is 0 Å². The molecule has 4 heteroatoms. The normalized spacial score (nSPS) is 16.7. The lowest BCUT2D eigenvalue weighted by Gasteiger charge is -2.22. The first kappa shape index (κ1) is 11.3. The SMILES string of the molecule is c1cncc(-c2nccc(C3CCNCC3)n2)c1. The van der Waals surface area contributed by atoms with Crippen LogP contribution in [0.1, 0.15) is 24.5 Å². The molecule has 18 heavy (non-hydrogen) atoms. The van der Waals surface area contributed by atoms with Crippen molar-refractivity contribution in [2.75, 3.05) is 13.1 Å². The lowest BCUT2D eigenvalue weighted by Crippen LogP contribution is -2.27. The number of hydrogen-bond donors (Lipinski definition) is 1. The summed E-state index contributed by atoms with van der Waals surface area (Å²) in [7, 11) is 0. The average molecular weight is 240 g/mol. The molecule has 92 valence electrons. The minimum Gasteiger partial charge on any atom is -0.317 e. The van der Waals surface area contributed by atoms with Gasteiger partial charge in [-0.25, -0.2) is 9.97 Å². The van der Waals surface area contributed by atoms with Crippen molar-refractivity contribution in [3.05, 3.63) is 42.5 Å². The summed E-state index contributed by atoms with van der Waals surface area (Å²) in [6.45, 7) is 2.16. The minimum absolute atomic E-state index is 0.560. The summed E-state index contributed by atoms with van der Waals surface area (Å²) in [5.74, 6) is 1.34. The van der Waals surface area contributed by atoms with Crippen LogP contribution in [0.25, 0.3) is 11.4 Å². The second-order valence-corrected chi connectivity index (χ2v) is 4.57. The number of pyridine rings is 1. The molecule has 0 saturated carbocycles. The molecule has 1 saturated heterocycles. The lowest BCUT2D eigenvalue weighted by molar-refractivity contribution is 0.453. The van der Waals surface area contributed by atoms with Crippen molar-refractivity contribution in [3.8, 4) is 11.4 Å². The summed E-state index contributed by atoms with van der Waals surface area (Å²) in [5.41, 5.74) is 2.14. The van der Waals surface area contributed by atoms with Crippen molar-refractivity contribution in [1.29, 1.82) is 0 Å². The van der Waals surface area contributed by atoms with Gasteiger partial charge in [-0.05, 0) is 44.1 Å². The Kier molecular flexibility index (Phi) is 3.28. The van der Waals surface area contributed by atoms with Gasteiger partial charge in [-0.1, -0.05) is 0 Å². The maximum absolute atomic E-state index is 4.69. The van der Waals surface area contributed by atoms with Crippen molar-refractivity contribution in [1.82, 2.24) is 20.3 Å². The highest BCUT2D eigenvalue weighted by Gasteiger charge is 2.17. The van der Waals surface area contributed by atoms with E-state index in [0.29, 0.717) is 5.92 Å². The fraction of sp³-hybridized carbons (Fsp3) is 0.357. The van der Waals surface area contributed by atoms with Gasteiger partial charge in [-0.3, -0.25) is 4.98 Å². The van der Waals surface area contributed by atoms with Crippen LogP contribution in [0.3, 0.4) is 0 Å². The molecule has 0 aromatic carbocycles. The second kappa shape index (κ2) is 5.23. The summed E-state index contributed by atoms with van der Waals surface area (Å²) < 4.78 is 0. The first-order chi connectivity index (χ1) is 8.93. The largest absolute Gasteiger partial charge is 0.317 e. The van der Waals surface area contributed by atoms with Crippen molar-refractivity contribution >= 4 is 0 Å². The maximum atomic E-state index is 4.69. The molecule has 4 nitrogen and oxygen atoms in total. The molecule has 0 bridgehead atoms. The first-order valence-corrected chi connectivity index (χ1v) is 6.37. The number of rotatable bonds is 2. The summed E-state index contributed by atoms with van der Waals surface area (Å²) in [5, 5.41) is 3.38. The molecule has 0 aliphatic carbocycles. The molecule has 0 unspecified atom stereocenters. The molecular weight excluding hydrogens is 224 g/mol. The average Bonchev–Trinajstić information content (AvgIpc) is 2.49. The van der Waals surface area contributed by atoms with E-state index in [9.17, 15) is 0 Å². The molecule has 3 rings (SSSR count). The number of nitrogens with zero attached hydrogens (tertiary/aromatic N) is 3. The molecule has 1 N–H and O–H groups in total. The molecule has 0 atom stereocenters. The maximum Gasteiger partial charge on any atom is 0.160 e. The van der Waals surface area contributed by atoms with E-state index in [-0.39, 0.29) is 0 Å². The van der Waals surface area contributed by atoms with E-state index in [4.69, 9.17) is 0 Å². The van der Waals surface area contributed by atoms with Gasteiger partial charge in [0.2, 0.25) is 0 Å². The van der Waals surface area contributed by atoms with Gasteiger partial charge in [0.25, 0.3) is 0 Å². The van der Waals surface area contributed by atoms with Crippen LogP contribution in [-0.2, 0) is 0 Å². The van der Waals surface area contributed by atoms with Crippen LogP contribution < -0.4 is 5.32 Å². The van der Waals surface area contributed by atoms with Gasteiger partial charge in [-0.15, -0.1) is 0 Å². The van der Waals surface area contributed by atoms with Gasteiger partial charge < -0.3 is 5.32 Å². The monoisotopic (exact) mass is 240 g/mol. The molecule has 0 spiro atoms. The van der Waals surface area contributed by atoms with Crippen molar-refractivity contribution in [2.24, 2.45) is 0 Å². The minimum atomic E-state index is 0.560. The predicted octanol–water partition coefficient (Wildman–Crippen LogP) is 2.01. The van der Waals surface area contributed by atoms with Crippen LogP contribution in [0, 0.1) is 0 Å². The van der Waals surface area contributed by atoms with Crippen LogP contribution in [0.5, 0.6) is 0 Å². The smallest absolute Gasteiger partial charge is 0.160 e. The van der Waals surface area contributed by atoms with Crippen LogP contribution in [0.15, 0.2) is 36.8 Å². The molecule has 0 amide bonds. The molecule has 1 aliphatic heterocycles. The van der Waals surface area contributed by atoms with Crippen LogP contribution in [0.4, 0.5) is 0 Å². The van der Waals surface area contributed by atoms with E-state index < -0.39 is 0 Å². The van der Waals surface area contributed by atoms with E-state index in [2.05, 4.69) is 20.3 Å². The molecule has 0 radical (unpaired) electrons. The first-order valence-electron chi connectivity index (χ1n) is 6.37. The topological polar surface area (TPSA) is 50.7 Å². The fourth-order valence-electron chi connectivity index (χ4n) is 2.35. The second-order valence-electron chi connectivity index (χ2n) is 4.57. The number of hydrogen-bond acceptors (Lipinski definition) is 4.